The molecule has 0 saturated carbocycles. The Morgan fingerprint density at radius 2 is 1.48 bits per heavy atom. The van der Waals surface area contributed by atoms with Crippen molar-refractivity contribution in [3.63, 3.8) is 0 Å². The van der Waals surface area contributed by atoms with Gasteiger partial charge in [-0.15, -0.1) is 0 Å². The van der Waals surface area contributed by atoms with Crippen molar-refractivity contribution in [2.45, 2.75) is 118 Å². The molecule has 148 valence electrons. The Labute approximate surface area is 155 Å². The van der Waals surface area contributed by atoms with E-state index in [-0.39, 0.29) is 17.7 Å². The largest absolute Gasteiger partial charge is 0.368 e. The summed E-state index contributed by atoms with van der Waals surface area (Å²) in [7, 11) is 0. The highest BCUT2D eigenvalue weighted by atomic mass is 16.5. The molecule has 0 N–H and O–H groups in total. The van der Waals surface area contributed by atoms with Crippen LogP contribution in [0.3, 0.4) is 0 Å². The maximum atomic E-state index is 12.9. The number of unbranched alkanes of at least 4 members (excludes halogenated alkanes) is 1. The highest BCUT2D eigenvalue weighted by Crippen LogP contribution is 2.30. The Kier molecular flexibility index (Phi) is 10.1. The summed E-state index contributed by atoms with van der Waals surface area (Å²) in [6, 6.07) is 0. The number of carbonyl (C=O) groups is 2. The summed E-state index contributed by atoms with van der Waals surface area (Å²) in [4.78, 5) is 25.7. The molecule has 0 bridgehead atoms. The van der Waals surface area contributed by atoms with Crippen LogP contribution in [0.15, 0.2) is 0 Å². The summed E-state index contributed by atoms with van der Waals surface area (Å²) in [5.41, 5.74) is -1.45. The molecule has 0 rings (SSSR count). The molecular formula is C21H40O4. The van der Waals surface area contributed by atoms with Crippen LogP contribution in [0.25, 0.3) is 0 Å². The fourth-order valence-corrected chi connectivity index (χ4v) is 2.99. The molecular weight excluding hydrogens is 316 g/mol. The van der Waals surface area contributed by atoms with Gasteiger partial charge < -0.3 is 9.47 Å². The van der Waals surface area contributed by atoms with Crippen molar-refractivity contribution >= 4 is 11.6 Å². The SMILES string of the molecule is CCCCC(C)(C)C(=O)C(C)OC(C)(CC)C(=O)C(C)OC(C)CC. The van der Waals surface area contributed by atoms with Crippen LogP contribution in [0.5, 0.6) is 0 Å². The molecule has 0 aliphatic rings. The van der Waals surface area contributed by atoms with Gasteiger partial charge in [-0.2, -0.15) is 0 Å². The lowest BCUT2D eigenvalue weighted by Gasteiger charge is -2.35. The maximum Gasteiger partial charge on any atom is 0.192 e. The van der Waals surface area contributed by atoms with Gasteiger partial charge in [-0.25, -0.2) is 0 Å². The van der Waals surface area contributed by atoms with Crippen molar-refractivity contribution in [3.05, 3.63) is 0 Å². The first kappa shape index (κ1) is 24.3. The van der Waals surface area contributed by atoms with Crippen LogP contribution >= 0.6 is 0 Å². The van der Waals surface area contributed by atoms with E-state index in [4.69, 9.17) is 9.47 Å². The van der Waals surface area contributed by atoms with Crippen LogP contribution in [-0.4, -0.2) is 35.5 Å². The van der Waals surface area contributed by atoms with Crippen molar-refractivity contribution in [2.75, 3.05) is 0 Å². The molecule has 4 unspecified atom stereocenters. The number of carbonyl (C=O) groups excluding carboxylic acids is 2. The molecule has 4 heteroatoms. The standard InChI is InChI=1S/C21H40O4/c1-10-13-14-20(7,8)18(22)17(6)25-21(9,12-3)19(23)16(5)24-15(4)11-2/h15-17H,10-14H2,1-9H3. The van der Waals surface area contributed by atoms with Crippen LogP contribution in [0.1, 0.15) is 94.4 Å². The quantitative estimate of drug-likeness (QED) is 0.460. The second kappa shape index (κ2) is 10.4. The van der Waals surface area contributed by atoms with Crippen LogP contribution < -0.4 is 0 Å². The van der Waals surface area contributed by atoms with E-state index in [0.29, 0.717) is 6.42 Å². The highest BCUT2D eigenvalue weighted by molar-refractivity contribution is 5.92. The predicted molar refractivity (Wildman–Crippen MR) is 103 cm³/mol. The van der Waals surface area contributed by atoms with Gasteiger partial charge in [-0.3, -0.25) is 9.59 Å². The summed E-state index contributed by atoms with van der Waals surface area (Å²) in [6.07, 6.45) is 3.12. The average molecular weight is 357 g/mol. The van der Waals surface area contributed by atoms with Gasteiger partial charge in [0.1, 0.15) is 17.8 Å². The minimum absolute atomic E-state index is 0.0205. The van der Waals surface area contributed by atoms with E-state index in [1.54, 1.807) is 20.8 Å². The first-order valence-corrected chi connectivity index (χ1v) is 9.87. The van der Waals surface area contributed by atoms with Crippen molar-refractivity contribution in [3.8, 4) is 0 Å². The van der Waals surface area contributed by atoms with Crippen LogP contribution in [0.2, 0.25) is 0 Å². The van der Waals surface area contributed by atoms with Crippen LogP contribution in [-0.2, 0) is 19.1 Å². The summed E-state index contributed by atoms with van der Waals surface area (Å²) in [5, 5.41) is 0. The average Bonchev–Trinajstić information content (AvgIpc) is 2.57. The fourth-order valence-electron chi connectivity index (χ4n) is 2.99. The van der Waals surface area contributed by atoms with E-state index in [9.17, 15) is 9.59 Å². The Morgan fingerprint density at radius 1 is 0.920 bits per heavy atom. The van der Waals surface area contributed by atoms with Gasteiger partial charge >= 0.3 is 0 Å². The maximum absolute atomic E-state index is 12.9. The molecule has 0 fully saturated rings. The first-order chi connectivity index (χ1) is 11.4. The molecule has 0 aliphatic heterocycles. The molecule has 0 aromatic heterocycles. The summed E-state index contributed by atoms with van der Waals surface area (Å²) in [6.45, 7) is 17.2. The molecule has 4 nitrogen and oxygen atoms in total. The Balaban J connectivity index is 5.09. The molecule has 0 aromatic carbocycles. The third-order valence-corrected chi connectivity index (χ3v) is 5.20. The van der Waals surface area contributed by atoms with E-state index < -0.39 is 23.2 Å². The second-order valence-corrected chi connectivity index (χ2v) is 8.06. The number of hydrogen-bond donors (Lipinski definition) is 0. The lowest BCUT2D eigenvalue weighted by atomic mass is 9.80. The monoisotopic (exact) mass is 356 g/mol. The molecule has 0 saturated heterocycles. The summed E-state index contributed by atoms with van der Waals surface area (Å²) < 4.78 is 11.8. The zero-order chi connectivity index (χ0) is 19.8. The van der Waals surface area contributed by atoms with Crippen molar-refractivity contribution in [1.82, 2.24) is 0 Å². The first-order valence-electron chi connectivity index (χ1n) is 9.87. The third kappa shape index (κ3) is 7.18. The van der Waals surface area contributed by atoms with Crippen LogP contribution in [0.4, 0.5) is 0 Å². The highest BCUT2D eigenvalue weighted by Gasteiger charge is 2.41. The lowest BCUT2D eigenvalue weighted by molar-refractivity contribution is -0.169. The molecule has 0 amide bonds. The Hall–Kier alpha value is -0.740. The van der Waals surface area contributed by atoms with Gasteiger partial charge in [0.2, 0.25) is 0 Å². The number of Topliss-reactive ketones (excluding diaryl/α,β-unsaturated/α-hetero) is 2. The van der Waals surface area contributed by atoms with Gasteiger partial charge in [-0.05, 0) is 47.0 Å². The molecule has 0 heterocycles. The molecule has 25 heavy (non-hydrogen) atoms. The van der Waals surface area contributed by atoms with Gasteiger partial charge in [0.15, 0.2) is 11.6 Å². The predicted octanol–water partition coefficient (Wildman–Crippen LogP) is 5.12. The van der Waals surface area contributed by atoms with E-state index in [1.807, 2.05) is 34.6 Å². The van der Waals surface area contributed by atoms with Crippen molar-refractivity contribution < 1.29 is 19.1 Å². The zero-order valence-corrected chi connectivity index (χ0v) is 17.9. The van der Waals surface area contributed by atoms with Crippen molar-refractivity contribution in [2.24, 2.45) is 5.41 Å². The van der Waals surface area contributed by atoms with E-state index in [2.05, 4.69) is 6.92 Å². The van der Waals surface area contributed by atoms with Crippen molar-refractivity contribution in [1.29, 1.82) is 0 Å². The van der Waals surface area contributed by atoms with Crippen LogP contribution in [0, 0.1) is 5.41 Å². The normalized spacial score (nSPS) is 18.3. The van der Waals surface area contributed by atoms with Gasteiger partial charge in [0, 0.05) is 5.41 Å². The number of rotatable bonds is 13. The number of ether oxygens (including phenoxy) is 2. The Morgan fingerprint density at radius 3 is 1.92 bits per heavy atom. The third-order valence-electron chi connectivity index (χ3n) is 5.20. The smallest absolute Gasteiger partial charge is 0.192 e. The molecule has 0 aliphatic carbocycles. The molecule has 4 atom stereocenters. The van der Waals surface area contributed by atoms with E-state index in [1.165, 1.54) is 0 Å². The summed E-state index contributed by atoms with van der Waals surface area (Å²) >= 11 is 0. The lowest BCUT2D eigenvalue weighted by Crippen LogP contribution is -2.49. The number of ketones is 2. The summed E-state index contributed by atoms with van der Waals surface area (Å²) in [5.74, 6) is -0.0368. The molecule has 0 aromatic rings. The second-order valence-electron chi connectivity index (χ2n) is 8.06. The minimum Gasteiger partial charge on any atom is -0.368 e. The zero-order valence-electron chi connectivity index (χ0n) is 17.9. The van der Waals surface area contributed by atoms with Gasteiger partial charge in [0.05, 0.1) is 6.10 Å². The van der Waals surface area contributed by atoms with Gasteiger partial charge in [-0.1, -0.05) is 47.5 Å². The van der Waals surface area contributed by atoms with E-state index in [0.717, 1.165) is 25.7 Å². The Bertz CT molecular complexity index is 430. The number of hydrogen-bond acceptors (Lipinski definition) is 4. The fraction of sp³-hybridized carbons (Fsp3) is 0.905. The topological polar surface area (TPSA) is 52.6 Å². The molecule has 0 spiro atoms. The van der Waals surface area contributed by atoms with E-state index >= 15 is 0 Å². The molecule has 0 radical (unpaired) electrons. The van der Waals surface area contributed by atoms with Gasteiger partial charge in [0.25, 0.3) is 0 Å². The minimum atomic E-state index is -1.01.